The van der Waals surface area contributed by atoms with E-state index < -0.39 is 11.6 Å². The van der Waals surface area contributed by atoms with Gasteiger partial charge >= 0.3 is 0 Å². The zero-order valence-electron chi connectivity index (χ0n) is 79.7. The number of fused-ring (bicyclic) bond motifs is 5. The number of phenols is 1. The average Bonchev–Trinajstić information content (AvgIpc) is 0.813. The minimum Gasteiger partial charge on any atom is -0.508 e. The maximum atomic E-state index is 13.7. The van der Waals surface area contributed by atoms with Gasteiger partial charge in [0.25, 0.3) is 0 Å². The van der Waals surface area contributed by atoms with Crippen LogP contribution >= 0.6 is 23.2 Å². The minimum atomic E-state index is -0.449. The third-order valence-electron chi connectivity index (χ3n) is 23.6. The van der Waals surface area contributed by atoms with Crippen molar-refractivity contribution in [2.75, 3.05) is 58.5 Å². The molecule has 0 saturated heterocycles. The smallest absolute Gasteiger partial charge is 0.141 e. The van der Waals surface area contributed by atoms with Crippen molar-refractivity contribution in [3.63, 3.8) is 0 Å². The number of hydrogen-bond donors (Lipinski definition) is 4. The summed E-state index contributed by atoms with van der Waals surface area (Å²) in [5, 5.41) is 25.0. The van der Waals surface area contributed by atoms with Crippen molar-refractivity contribution in [3.8, 4) is 118 Å². The molecule has 10 heterocycles. The number of phenolic OH excluding ortho intramolecular Hbond substituents is 1. The second-order valence-corrected chi connectivity index (χ2v) is 34.6. The van der Waals surface area contributed by atoms with E-state index in [0.717, 1.165) is 235 Å². The number of aromatic hydroxyl groups is 1. The molecule has 21 nitrogen and oxygen atoms in total. The number of anilines is 5. The fourth-order valence-electron chi connectivity index (χ4n) is 16.7. The molecular weight excluding hydrogens is 1810 g/mol. The first-order valence-electron chi connectivity index (χ1n) is 46.6. The monoisotopic (exact) mass is 1910 g/mol. The minimum absolute atomic E-state index is 0.0736. The molecule has 0 radical (unpaired) electrons. The number of nitrogens with one attached hydrogen (secondary N) is 3. The van der Waals surface area contributed by atoms with Crippen LogP contribution < -0.4 is 25.8 Å². The van der Waals surface area contributed by atoms with Gasteiger partial charge in [-0.25, -0.2) is 67.4 Å². The Morgan fingerprint density at radius 1 is 0.291 bits per heavy atom. The molecule has 20 aromatic rings. The van der Waals surface area contributed by atoms with Gasteiger partial charge in [0.05, 0.1) is 66.1 Å². The third kappa shape index (κ3) is 22.8. The quantitative estimate of drug-likeness (QED) is 0.0434. The van der Waals surface area contributed by atoms with Crippen molar-refractivity contribution < 1.29 is 22.7 Å². The van der Waals surface area contributed by atoms with Gasteiger partial charge in [-0.1, -0.05) is 103 Å². The summed E-state index contributed by atoms with van der Waals surface area (Å²) in [6.07, 6.45) is 17.7. The van der Waals surface area contributed by atoms with Gasteiger partial charge in [0.1, 0.15) is 89.7 Å². The summed E-state index contributed by atoms with van der Waals surface area (Å²) >= 11 is 12.0. The molecule has 0 unspecified atom stereocenters. The van der Waals surface area contributed by atoms with Gasteiger partial charge in [-0.05, 0) is 291 Å². The molecule has 0 atom stereocenters. The van der Waals surface area contributed by atoms with Gasteiger partial charge < -0.3 is 30.9 Å². The highest BCUT2D eigenvalue weighted by atomic mass is 35.5. The lowest BCUT2D eigenvalue weighted by atomic mass is 9.97. The molecule has 0 amide bonds. The van der Waals surface area contributed by atoms with E-state index >= 15 is 0 Å². The first-order chi connectivity index (χ1) is 68.5. The van der Waals surface area contributed by atoms with E-state index in [1.807, 2.05) is 140 Å². The van der Waals surface area contributed by atoms with Gasteiger partial charge in [0, 0.05) is 158 Å². The van der Waals surface area contributed by atoms with Crippen molar-refractivity contribution in [1.82, 2.24) is 74.8 Å². The first kappa shape index (κ1) is 97.8. The standard InChI is InChI=1S/C23H20ClFN4.2C23H21FN4.C23H22N4O.C22H18ClFN4/c1-3-29(4-2)23-18-12-15(8-10-21(18)27-14-28-23)17-6-5-11-26-22(17)16-7-9-20(25)19(24)13-16;1-14(2)28-23-19-12-16(7-9-21(19)26-13-27-23)18-5-4-10-25-22(18)17-6-8-20(24)15(3)11-17;1-3-10-26-23-19-13-16(7-9-21(19)27-14-28-23)18-5-4-11-25-22(18)17-6-8-20(24)15(2)12-17;1-3-27(4-2)23-20-14-16(10-11-21(20)25-15-26-23)19-9-6-12-24-22(19)17-7-5-8-18(28)13-17;1-13(2)28-22-17-10-14(6-8-20(17)26-12-27-22)16-4-3-9-25-21(16)15-5-7-19(24)18(23)11-15/h5-14H,3-4H2,1-2H3;4-14H,1-3H3,(H,26,27,28);4-9,11-14H,3,10H2,1-2H3,(H,26,27,28);5-15,28H,3-4H2,1-2H3;3-13H,1-2H3,(H,26,27,28). The predicted molar refractivity (Wildman–Crippen MR) is 565 cm³/mol. The molecule has 706 valence electrons. The molecule has 0 fully saturated rings. The van der Waals surface area contributed by atoms with E-state index in [1.165, 1.54) is 24.3 Å². The Hall–Kier alpha value is -16.3. The van der Waals surface area contributed by atoms with E-state index in [4.69, 9.17) is 23.2 Å². The van der Waals surface area contributed by atoms with Crippen molar-refractivity contribution in [3.05, 3.63) is 356 Å². The molecule has 27 heteroatoms. The number of rotatable bonds is 23. The predicted octanol–water partition coefficient (Wildman–Crippen LogP) is 28.1. The number of benzene rings is 10. The Labute approximate surface area is 825 Å². The largest absolute Gasteiger partial charge is 0.508 e. The van der Waals surface area contributed by atoms with E-state index in [2.05, 4.69) is 199 Å². The van der Waals surface area contributed by atoms with Crippen LogP contribution in [0.4, 0.5) is 46.7 Å². The maximum absolute atomic E-state index is 13.7. The van der Waals surface area contributed by atoms with Gasteiger partial charge in [0.15, 0.2) is 0 Å². The van der Waals surface area contributed by atoms with Gasteiger partial charge in [0.2, 0.25) is 0 Å². The van der Waals surface area contributed by atoms with Crippen molar-refractivity contribution in [1.29, 1.82) is 0 Å². The Bertz CT molecular complexity index is 7700. The van der Waals surface area contributed by atoms with Crippen LogP contribution in [-0.4, -0.2) is 125 Å². The fraction of sp³-hybridized carbons (Fsp3) is 0.167. The maximum Gasteiger partial charge on any atom is 0.141 e. The summed E-state index contributed by atoms with van der Waals surface area (Å²) in [5.74, 6) is 3.19. The number of aryl methyl sites for hydroxylation is 2. The van der Waals surface area contributed by atoms with Gasteiger partial charge in [-0.3, -0.25) is 24.9 Å². The van der Waals surface area contributed by atoms with Crippen molar-refractivity contribution in [2.24, 2.45) is 0 Å². The molecular formula is C114H102Cl2F4N20O. The van der Waals surface area contributed by atoms with Gasteiger partial charge in [-0.15, -0.1) is 0 Å². The molecule has 0 aliphatic rings. The second-order valence-electron chi connectivity index (χ2n) is 33.8. The normalized spacial score (nSPS) is 11.1. The molecule has 20 rings (SSSR count). The summed E-state index contributed by atoms with van der Waals surface area (Å²) < 4.78 is 54.7. The van der Waals surface area contributed by atoms with Crippen LogP contribution in [-0.2, 0) is 0 Å². The summed E-state index contributed by atoms with van der Waals surface area (Å²) in [6.45, 7) is 26.7. The summed E-state index contributed by atoms with van der Waals surface area (Å²) in [7, 11) is 0. The van der Waals surface area contributed by atoms with E-state index in [0.29, 0.717) is 11.1 Å². The number of nitrogens with zero attached hydrogens (tertiary/aromatic N) is 17. The van der Waals surface area contributed by atoms with Gasteiger partial charge in [-0.2, -0.15) is 0 Å². The molecule has 0 aliphatic heterocycles. The van der Waals surface area contributed by atoms with Crippen LogP contribution in [0.3, 0.4) is 0 Å². The number of halogens is 6. The molecule has 0 saturated carbocycles. The fourth-order valence-corrected chi connectivity index (χ4v) is 17.0. The molecule has 141 heavy (non-hydrogen) atoms. The van der Waals surface area contributed by atoms with Crippen LogP contribution in [0.15, 0.2) is 311 Å². The van der Waals surface area contributed by atoms with Crippen molar-refractivity contribution in [2.45, 2.75) is 94.7 Å². The second kappa shape index (κ2) is 45.4. The highest BCUT2D eigenvalue weighted by molar-refractivity contribution is 6.31. The zero-order chi connectivity index (χ0) is 98.7. The van der Waals surface area contributed by atoms with E-state index in [1.54, 1.807) is 125 Å². The lowest BCUT2D eigenvalue weighted by Gasteiger charge is -2.21. The molecule has 0 aliphatic carbocycles. The molecule has 10 aromatic heterocycles. The van der Waals surface area contributed by atoms with Crippen LogP contribution in [0.2, 0.25) is 10.0 Å². The van der Waals surface area contributed by atoms with E-state index in [9.17, 15) is 22.7 Å². The van der Waals surface area contributed by atoms with Crippen LogP contribution in [0.25, 0.3) is 166 Å². The molecule has 10 aromatic carbocycles. The highest BCUT2D eigenvalue weighted by Crippen LogP contribution is 2.42. The Morgan fingerprint density at radius 2 is 0.574 bits per heavy atom. The van der Waals surface area contributed by atoms with Crippen molar-refractivity contribution >= 4 is 107 Å². The SMILES string of the molecule is CC(C)Nc1ncnc2ccc(-c3cccnc3-c3ccc(F)c(Cl)c3)cc12.CCCNc1ncnc2ccc(-c3cccnc3-c3ccc(F)c(C)c3)cc12.CCN(CC)c1ncnc2ccc(-c3cccnc3-c3ccc(F)c(Cl)c3)cc12.CCN(CC)c1ncnc2ccc(-c3cccnc3-c3cccc(O)c3)cc12.Cc1cc(-c2ncccc2-c2ccc3ncnc(NC(C)C)c3c2)ccc1F. The number of hydrogen-bond acceptors (Lipinski definition) is 21. The Balaban J connectivity index is 0.000000127. The number of aromatic nitrogens is 15. The summed E-state index contributed by atoms with van der Waals surface area (Å²) in [5.41, 5.74) is 23.6. The topological polar surface area (TPSA) is 256 Å². The average molecular weight is 1920 g/mol. The van der Waals surface area contributed by atoms with E-state index in [-0.39, 0.29) is 39.5 Å². The Morgan fingerprint density at radius 3 is 0.879 bits per heavy atom. The number of pyridine rings is 5. The summed E-state index contributed by atoms with van der Waals surface area (Å²) in [4.78, 5) is 71.5. The molecule has 0 spiro atoms. The molecule has 0 bridgehead atoms. The van der Waals surface area contributed by atoms with Crippen LogP contribution in [0.5, 0.6) is 5.75 Å². The first-order valence-corrected chi connectivity index (χ1v) is 47.3. The molecule has 4 N–H and O–H groups in total. The summed E-state index contributed by atoms with van der Waals surface area (Å²) in [6, 6.07) is 77.4. The lowest BCUT2D eigenvalue weighted by Crippen LogP contribution is -2.23. The third-order valence-corrected chi connectivity index (χ3v) is 24.2. The zero-order valence-corrected chi connectivity index (χ0v) is 81.2. The van der Waals surface area contributed by atoms with Crippen LogP contribution in [0, 0.1) is 37.1 Å². The highest BCUT2D eigenvalue weighted by Gasteiger charge is 2.22. The van der Waals surface area contributed by atoms with Crippen LogP contribution in [0.1, 0.15) is 79.9 Å². The lowest BCUT2D eigenvalue weighted by molar-refractivity contribution is 0.475. The Kier molecular flexibility index (Phi) is 31.5.